The number of carbonyl (C=O) groups is 1. The maximum absolute atomic E-state index is 14.4. The molecule has 4 fully saturated rings. The molecule has 5 aliphatic rings. The van der Waals surface area contributed by atoms with Gasteiger partial charge in [0.1, 0.15) is 5.78 Å². The minimum atomic E-state index is -0.732. The van der Waals surface area contributed by atoms with Crippen LogP contribution in [0.2, 0.25) is 0 Å². The van der Waals surface area contributed by atoms with E-state index in [1.807, 2.05) is 0 Å². The molecular weight excluding hydrogens is 430 g/mol. The van der Waals surface area contributed by atoms with Crippen molar-refractivity contribution >= 4 is 5.78 Å². The second kappa shape index (κ2) is 7.34. The summed E-state index contributed by atoms with van der Waals surface area (Å²) >= 11 is 0. The Morgan fingerprint density at radius 1 is 1.00 bits per heavy atom. The number of nitrogens with zero attached hydrogens (tertiary/aromatic N) is 1. The van der Waals surface area contributed by atoms with Crippen LogP contribution in [0.25, 0.3) is 0 Å². The fourth-order valence-electron chi connectivity index (χ4n) is 10.9. The number of carbonyl (C=O) groups excluding carboxylic acids is 1. The standard InChI is InChI=1S/C32H47NO2/c1-9-32-14-12-27(2,3)18-21(32)25-22(34)16-24-29(6)17-20(19-33)26(35)28(4,5)23(29)10-11-30(24,7)31(25,8)13-15-32/h9,17,21,23-26,35H,1,10-16,18H2,2-8H3. The fourth-order valence-corrected chi connectivity index (χ4v) is 10.9. The summed E-state index contributed by atoms with van der Waals surface area (Å²) in [5, 5.41) is 21.0. The van der Waals surface area contributed by atoms with Gasteiger partial charge in [0.05, 0.1) is 17.7 Å². The number of aliphatic hydroxyl groups is 1. The first-order chi connectivity index (χ1) is 16.1. The second-order valence-electron chi connectivity index (χ2n) is 15.3. The minimum Gasteiger partial charge on any atom is -0.387 e. The Balaban J connectivity index is 1.63. The van der Waals surface area contributed by atoms with Gasteiger partial charge in [-0.25, -0.2) is 0 Å². The monoisotopic (exact) mass is 477 g/mol. The van der Waals surface area contributed by atoms with Crippen LogP contribution >= 0.6 is 0 Å². The average Bonchev–Trinajstić information content (AvgIpc) is 2.77. The van der Waals surface area contributed by atoms with Crippen molar-refractivity contribution in [1.82, 2.24) is 0 Å². The summed E-state index contributed by atoms with van der Waals surface area (Å²) in [6, 6.07) is 2.33. The SMILES string of the molecule is C=CC12CCC(C)(C)CC1C1C(=O)CC3C4(C)C=C(C#N)C(O)C(C)(C)C4CCC3(C)C1(C)CC2. The molecule has 0 aromatic carbocycles. The van der Waals surface area contributed by atoms with Gasteiger partial charge >= 0.3 is 0 Å². The van der Waals surface area contributed by atoms with E-state index in [1.165, 1.54) is 6.42 Å². The number of aliphatic hydroxyl groups excluding tert-OH is 1. The number of hydrogen-bond acceptors (Lipinski definition) is 3. The number of allylic oxidation sites excluding steroid dienone is 2. The molecule has 5 aliphatic carbocycles. The van der Waals surface area contributed by atoms with E-state index in [1.54, 1.807) is 0 Å². The summed E-state index contributed by atoms with van der Waals surface area (Å²) in [7, 11) is 0. The smallest absolute Gasteiger partial charge is 0.137 e. The van der Waals surface area contributed by atoms with Crippen molar-refractivity contribution in [2.24, 2.45) is 56.2 Å². The van der Waals surface area contributed by atoms with E-state index < -0.39 is 6.10 Å². The predicted molar refractivity (Wildman–Crippen MR) is 140 cm³/mol. The van der Waals surface area contributed by atoms with Crippen LogP contribution in [0.4, 0.5) is 0 Å². The molecule has 0 radical (unpaired) electrons. The maximum Gasteiger partial charge on any atom is 0.137 e. The van der Waals surface area contributed by atoms with E-state index in [9.17, 15) is 15.2 Å². The van der Waals surface area contributed by atoms with Crippen molar-refractivity contribution in [3.63, 3.8) is 0 Å². The first-order valence-corrected chi connectivity index (χ1v) is 14.1. The van der Waals surface area contributed by atoms with E-state index >= 15 is 0 Å². The summed E-state index contributed by atoms with van der Waals surface area (Å²) in [5.41, 5.74) is 0.210. The third-order valence-electron chi connectivity index (χ3n) is 13.2. The molecular formula is C32H47NO2. The van der Waals surface area contributed by atoms with Crippen molar-refractivity contribution < 1.29 is 9.90 Å². The molecule has 1 N–H and O–H groups in total. The van der Waals surface area contributed by atoms with E-state index in [2.05, 4.69) is 73.3 Å². The van der Waals surface area contributed by atoms with Gasteiger partial charge in [0.25, 0.3) is 0 Å². The van der Waals surface area contributed by atoms with Gasteiger partial charge in [-0.05, 0) is 95.2 Å². The van der Waals surface area contributed by atoms with Crippen LogP contribution in [0.3, 0.4) is 0 Å². The highest BCUT2D eigenvalue weighted by atomic mass is 16.3. The van der Waals surface area contributed by atoms with E-state index in [0.717, 1.165) is 38.5 Å². The molecule has 0 heterocycles. The van der Waals surface area contributed by atoms with Crippen molar-refractivity contribution in [2.75, 3.05) is 0 Å². The molecule has 0 bridgehead atoms. The first-order valence-electron chi connectivity index (χ1n) is 14.1. The highest BCUT2D eigenvalue weighted by molar-refractivity contribution is 5.84. The van der Waals surface area contributed by atoms with Crippen LogP contribution < -0.4 is 0 Å². The van der Waals surface area contributed by atoms with Crippen LogP contribution in [0.5, 0.6) is 0 Å². The van der Waals surface area contributed by atoms with Crippen molar-refractivity contribution in [2.45, 2.75) is 106 Å². The van der Waals surface area contributed by atoms with E-state index in [0.29, 0.717) is 23.7 Å². The molecule has 5 rings (SSSR count). The summed E-state index contributed by atoms with van der Waals surface area (Å²) in [4.78, 5) is 14.4. The Bertz CT molecular complexity index is 1030. The van der Waals surface area contributed by atoms with Crippen LogP contribution in [-0.2, 0) is 4.79 Å². The quantitative estimate of drug-likeness (QED) is 0.404. The van der Waals surface area contributed by atoms with Crippen LogP contribution in [0.15, 0.2) is 24.3 Å². The zero-order chi connectivity index (χ0) is 25.8. The molecule has 0 aliphatic heterocycles. The van der Waals surface area contributed by atoms with Gasteiger partial charge in [-0.2, -0.15) is 5.26 Å². The summed E-state index contributed by atoms with van der Waals surface area (Å²) in [6.07, 6.45) is 12.1. The second-order valence-corrected chi connectivity index (χ2v) is 15.3. The van der Waals surface area contributed by atoms with Gasteiger partial charge in [-0.3, -0.25) is 4.79 Å². The van der Waals surface area contributed by atoms with Gasteiger partial charge in [0.15, 0.2) is 0 Å². The largest absolute Gasteiger partial charge is 0.387 e. The zero-order valence-corrected chi connectivity index (χ0v) is 23.2. The minimum absolute atomic E-state index is 0.0290. The average molecular weight is 478 g/mol. The molecule has 0 spiro atoms. The number of Topliss-reactive ketones (excluding diaryl/α,β-unsaturated/α-hetero) is 1. The molecule has 4 saturated carbocycles. The fraction of sp³-hybridized carbons (Fsp3) is 0.812. The van der Waals surface area contributed by atoms with Gasteiger partial charge in [0, 0.05) is 12.3 Å². The molecule has 3 nitrogen and oxygen atoms in total. The first kappa shape index (κ1) is 25.3. The third kappa shape index (κ3) is 3.02. The number of rotatable bonds is 1. The highest BCUT2D eigenvalue weighted by Crippen LogP contribution is 2.76. The molecule has 9 unspecified atom stereocenters. The Morgan fingerprint density at radius 2 is 1.66 bits per heavy atom. The molecule has 35 heavy (non-hydrogen) atoms. The molecule has 0 saturated heterocycles. The van der Waals surface area contributed by atoms with Gasteiger partial charge < -0.3 is 5.11 Å². The number of fused-ring (bicyclic) bond motifs is 7. The van der Waals surface area contributed by atoms with Crippen molar-refractivity contribution in [3.8, 4) is 6.07 Å². The van der Waals surface area contributed by atoms with Crippen LogP contribution in [0, 0.1) is 67.5 Å². The predicted octanol–water partition coefficient (Wildman–Crippen LogP) is 7.26. The van der Waals surface area contributed by atoms with Crippen molar-refractivity contribution in [1.29, 1.82) is 5.26 Å². The summed E-state index contributed by atoms with van der Waals surface area (Å²) in [6.45, 7) is 20.6. The molecule has 0 amide bonds. The highest BCUT2D eigenvalue weighted by Gasteiger charge is 2.71. The Hall–Kier alpha value is -1.40. The van der Waals surface area contributed by atoms with Gasteiger partial charge in [-0.15, -0.1) is 6.58 Å². The molecule has 192 valence electrons. The molecule has 0 aromatic heterocycles. The lowest BCUT2D eigenvalue weighted by molar-refractivity contribution is -0.222. The van der Waals surface area contributed by atoms with Crippen LogP contribution in [0.1, 0.15) is 99.8 Å². The third-order valence-corrected chi connectivity index (χ3v) is 13.2. The van der Waals surface area contributed by atoms with Gasteiger partial charge in [0.2, 0.25) is 0 Å². The van der Waals surface area contributed by atoms with Crippen molar-refractivity contribution in [3.05, 3.63) is 24.3 Å². The topological polar surface area (TPSA) is 61.1 Å². The summed E-state index contributed by atoms with van der Waals surface area (Å²) < 4.78 is 0. The number of nitriles is 1. The Labute approximate surface area is 213 Å². The lowest BCUT2D eigenvalue weighted by Gasteiger charge is -2.72. The zero-order valence-electron chi connectivity index (χ0n) is 23.2. The van der Waals surface area contributed by atoms with E-state index in [4.69, 9.17) is 0 Å². The molecule has 9 atom stereocenters. The van der Waals surface area contributed by atoms with Crippen LogP contribution in [-0.4, -0.2) is 17.0 Å². The lowest BCUT2D eigenvalue weighted by Crippen LogP contribution is -2.68. The molecule has 3 heteroatoms. The maximum atomic E-state index is 14.4. The van der Waals surface area contributed by atoms with Gasteiger partial charge in [-0.1, -0.05) is 60.6 Å². The Kier molecular flexibility index (Phi) is 5.30. The number of hydrogen-bond donors (Lipinski definition) is 1. The Morgan fingerprint density at radius 3 is 2.29 bits per heavy atom. The summed E-state index contributed by atoms with van der Waals surface area (Å²) in [5.74, 6) is 1.40. The lowest BCUT2D eigenvalue weighted by atomic mass is 9.31. The van der Waals surface area contributed by atoms with E-state index in [-0.39, 0.29) is 50.2 Å². The normalized spacial score (nSPS) is 52.0. The molecule has 0 aromatic rings. The number of ketones is 1.